The van der Waals surface area contributed by atoms with Gasteiger partial charge in [-0.3, -0.25) is 0 Å². The van der Waals surface area contributed by atoms with Crippen LogP contribution in [0, 0.1) is 0 Å². The number of nitrogens with one attached hydrogen (secondary N) is 1. The molecule has 0 aliphatic carbocycles. The topological polar surface area (TPSA) is 88.4 Å². The number of aromatic carboxylic acids is 1. The van der Waals surface area contributed by atoms with Crippen LogP contribution in [0.1, 0.15) is 15.9 Å². The number of halogens is 1. The standard InChI is InChI=1S/C19H18N2O4S.ClH/c1-20-12-14-10-18(15-6-3-2-4-7-15)21(13-14)26(24,25)17-9-5-8-16(11-17)19(22)23;/h2-11,13,20H,12H2,1H3,(H,22,23);1H. The Balaban J connectivity index is 0.00000261. The van der Waals surface area contributed by atoms with Crippen molar-refractivity contribution < 1.29 is 18.3 Å². The number of carboxylic acids is 1. The summed E-state index contributed by atoms with van der Waals surface area (Å²) in [6, 6.07) is 16.4. The van der Waals surface area contributed by atoms with Crippen LogP contribution in [0.15, 0.2) is 71.8 Å². The third-order valence-electron chi connectivity index (χ3n) is 3.93. The zero-order valence-corrected chi connectivity index (χ0v) is 16.1. The lowest BCUT2D eigenvalue weighted by atomic mass is 10.1. The number of hydrogen-bond acceptors (Lipinski definition) is 4. The summed E-state index contributed by atoms with van der Waals surface area (Å²) in [4.78, 5) is 11.1. The van der Waals surface area contributed by atoms with Crippen LogP contribution >= 0.6 is 12.4 Å². The van der Waals surface area contributed by atoms with Crippen molar-refractivity contribution in [1.82, 2.24) is 9.29 Å². The molecule has 0 saturated carbocycles. The molecule has 2 aromatic carbocycles. The molecule has 0 unspecified atom stereocenters. The summed E-state index contributed by atoms with van der Waals surface area (Å²) in [5, 5.41) is 12.1. The lowest BCUT2D eigenvalue weighted by Crippen LogP contribution is -2.14. The van der Waals surface area contributed by atoms with Crippen LogP contribution in [0.3, 0.4) is 0 Å². The van der Waals surface area contributed by atoms with Crippen molar-refractivity contribution >= 4 is 28.4 Å². The highest BCUT2D eigenvalue weighted by Crippen LogP contribution is 2.27. The van der Waals surface area contributed by atoms with E-state index < -0.39 is 16.0 Å². The molecular formula is C19H19ClN2O4S. The molecule has 27 heavy (non-hydrogen) atoms. The number of aromatic nitrogens is 1. The molecule has 6 nitrogen and oxygen atoms in total. The van der Waals surface area contributed by atoms with Gasteiger partial charge in [0.15, 0.2) is 0 Å². The van der Waals surface area contributed by atoms with Crippen molar-refractivity contribution in [3.8, 4) is 11.3 Å². The first-order chi connectivity index (χ1) is 12.4. The fraction of sp³-hybridized carbons (Fsp3) is 0.105. The van der Waals surface area contributed by atoms with Crippen molar-refractivity contribution in [2.75, 3.05) is 7.05 Å². The summed E-state index contributed by atoms with van der Waals surface area (Å²) < 4.78 is 27.5. The predicted octanol–water partition coefficient (Wildman–Crippen LogP) is 3.23. The van der Waals surface area contributed by atoms with Gasteiger partial charge in [0.2, 0.25) is 0 Å². The van der Waals surface area contributed by atoms with Gasteiger partial charge in [0.05, 0.1) is 16.2 Å². The Hall–Kier alpha value is -2.61. The van der Waals surface area contributed by atoms with Gasteiger partial charge < -0.3 is 10.4 Å². The molecule has 0 saturated heterocycles. The minimum atomic E-state index is -3.95. The van der Waals surface area contributed by atoms with E-state index in [1.165, 1.54) is 28.2 Å². The molecular weight excluding hydrogens is 388 g/mol. The highest BCUT2D eigenvalue weighted by atomic mass is 35.5. The summed E-state index contributed by atoms with van der Waals surface area (Å²) in [5.74, 6) is -1.17. The second-order valence-corrected chi connectivity index (χ2v) is 7.58. The van der Waals surface area contributed by atoms with Gasteiger partial charge in [-0.2, -0.15) is 0 Å². The summed E-state index contributed by atoms with van der Waals surface area (Å²) >= 11 is 0. The smallest absolute Gasteiger partial charge is 0.335 e. The Bertz CT molecular complexity index is 1050. The van der Waals surface area contributed by atoms with E-state index in [0.29, 0.717) is 12.2 Å². The molecule has 0 radical (unpaired) electrons. The molecule has 0 atom stereocenters. The molecule has 0 spiro atoms. The van der Waals surface area contributed by atoms with Gasteiger partial charge in [0, 0.05) is 12.7 Å². The Morgan fingerprint density at radius 3 is 2.41 bits per heavy atom. The van der Waals surface area contributed by atoms with Crippen molar-refractivity contribution in [1.29, 1.82) is 0 Å². The predicted molar refractivity (Wildman–Crippen MR) is 106 cm³/mol. The first-order valence-electron chi connectivity index (χ1n) is 7.93. The average molecular weight is 407 g/mol. The van der Waals surface area contributed by atoms with E-state index in [-0.39, 0.29) is 22.9 Å². The van der Waals surface area contributed by atoms with E-state index in [9.17, 15) is 13.2 Å². The van der Waals surface area contributed by atoms with Crippen LogP contribution in [-0.2, 0) is 16.6 Å². The highest BCUT2D eigenvalue weighted by molar-refractivity contribution is 7.90. The van der Waals surface area contributed by atoms with Crippen LogP contribution in [0.25, 0.3) is 11.3 Å². The Kier molecular flexibility index (Phi) is 6.43. The Morgan fingerprint density at radius 1 is 1.07 bits per heavy atom. The van der Waals surface area contributed by atoms with Gasteiger partial charge in [0.25, 0.3) is 10.0 Å². The summed E-state index contributed by atoms with van der Waals surface area (Å²) in [7, 11) is -2.16. The van der Waals surface area contributed by atoms with Gasteiger partial charge in [-0.25, -0.2) is 17.2 Å². The van der Waals surface area contributed by atoms with Crippen LogP contribution in [0.5, 0.6) is 0 Å². The van der Waals surface area contributed by atoms with Crippen molar-refractivity contribution in [3.63, 3.8) is 0 Å². The van der Waals surface area contributed by atoms with Crippen molar-refractivity contribution in [2.45, 2.75) is 11.4 Å². The molecule has 0 fully saturated rings. The zero-order valence-electron chi connectivity index (χ0n) is 14.5. The fourth-order valence-corrected chi connectivity index (χ4v) is 4.16. The highest BCUT2D eigenvalue weighted by Gasteiger charge is 2.22. The van der Waals surface area contributed by atoms with Gasteiger partial charge in [-0.15, -0.1) is 12.4 Å². The zero-order chi connectivity index (χ0) is 18.7. The molecule has 1 aromatic heterocycles. The molecule has 3 rings (SSSR count). The van der Waals surface area contributed by atoms with Crippen molar-refractivity contribution in [3.05, 3.63) is 78.0 Å². The van der Waals surface area contributed by atoms with E-state index in [1.54, 1.807) is 13.2 Å². The minimum Gasteiger partial charge on any atom is -0.478 e. The van der Waals surface area contributed by atoms with Gasteiger partial charge in [0.1, 0.15) is 0 Å². The second kappa shape index (κ2) is 8.39. The summed E-state index contributed by atoms with van der Waals surface area (Å²) in [5.41, 5.74) is 2.02. The normalized spacial score (nSPS) is 11.0. The van der Waals surface area contributed by atoms with E-state index in [4.69, 9.17) is 5.11 Å². The lowest BCUT2D eigenvalue weighted by Gasteiger charge is -2.11. The van der Waals surface area contributed by atoms with Crippen LogP contribution in [0.4, 0.5) is 0 Å². The minimum absolute atomic E-state index is 0. The SMILES string of the molecule is CNCc1cc(-c2ccccc2)n(S(=O)(=O)c2cccc(C(=O)O)c2)c1.Cl. The molecule has 1 heterocycles. The third-order valence-corrected chi connectivity index (χ3v) is 5.60. The first kappa shape index (κ1) is 20.7. The number of carbonyl (C=O) groups is 1. The maximum Gasteiger partial charge on any atom is 0.335 e. The molecule has 0 bridgehead atoms. The molecule has 2 N–H and O–H groups in total. The lowest BCUT2D eigenvalue weighted by molar-refractivity contribution is 0.0696. The molecule has 0 amide bonds. The van der Waals surface area contributed by atoms with Crippen molar-refractivity contribution in [2.24, 2.45) is 0 Å². The van der Waals surface area contributed by atoms with E-state index in [0.717, 1.165) is 11.1 Å². The molecule has 8 heteroatoms. The maximum atomic E-state index is 13.2. The third kappa shape index (κ3) is 4.21. The largest absolute Gasteiger partial charge is 0.478 e. The van der Waals surface area contributed by atoms with Crippen LogP contribution in [0.2, 0.25) is 0 Å². The molecule has 142 valence electrons. The summed E-state index contributed by atoms with van der Waals surface area (Å²) in [6.07, 6.45) is 1.56. The quantitative estimate of drug-likeness (QED) is 0.656. The Labute approximate surface area is 163 Å². The second-order valence-electron chi connectivity index (χ2n) is 5.76. The fourth-order valence-electron chi connectivity index (χ4n) is 2.72. The van der Waals surface area contributed by atoms with Crippen LogP contribution in [-0.4, -0.2) is 30.5 Å². The van der Waals surface area contributed by atoms with Gasteiger partial charge >= 0.3 is 5.97 Å². The number of nitrogens with zero attached hydrogens (tertiary/aromatic N) is 1. The Morgan fingerprint density at radius 2 is 1.78 bits per heavy atom. The summed E-state index contributed by atoms with van der Waals surface area (Å²) in [6.45, 7) is 0.511. The van der Waals surface area contributed by atoms with Gasteiger partial charge in [-0.1, -0.05) is 36.4 Å². The molecule has 3 aromatic rings. The maximum absolute atomic E-state index is 13.2. The van der Waals surface area contributed by atoms with E-state index in [1.807, 2.05) is 36.4 Å². The van der Waals surface area contributed by atoms with Crippen LogP contribution < -0.4 is 5.32 Å². The average Bonchev–Trinajstić information content (AvgIpc) is 3.08. The van der Waals surface area contributed by atoms with E-state index >= 15 is 0 Å². The number of hydrogen-bond donors (Lipinski definition) is 2. The number of rotatable bonds is 6. The van der Waals surface area contributed by atoms with E-state index in [2.05, 4.69) is 5.32 Å². The first-order valence-corrected chi connectivity index (χ1v) is 9.37. The molecule has 0 aliphatic heterocycles. The molecule has 0 aliphatic rings. The number of carboxylic acid groups (broad SMARTS) is 1. The number of benzene rings is 2. The van der Waals surface area contributed by atoms with Gasteiger partial charge in [-0.05, 0) is 42.4 Å². The monoisotopic (exact) mass is 406 g/mol.